The number of allylic oxidation sites excluding steroid dienone is 2. The Bertz CT molecular complexity index is 1480. The predicted octanol–water partition coefficient (Wildman–Crippen LogP) is 9.65. The van der Waals surface area contributed by atoms with Crippen molar-refractivity contribution in [3.05, 3.63) is 89.3 Å². The van der Waals surface area contributed by atoms with Crippen LogP contribution in [0.5, 0.6) is 0 Å². The van der Waals surface area contributed by atoms with Crippen LogP contribution in [0, 0.1) is 37.7 Å². The van der Waals surface area contributed by atoms with Crippen LogP contribution < -0.4 is 0 Å². The minimum atomic E-state index is -0.377. The quantitative estimate of drug-likeness (QED) is 0.0944. The van der Waals surface area contributed by atoms with Gasteiger partial charge in [-0.25, -0.2) is 0 Å². The minimum Gasteiger partial charge on any atom is -0.512 e. The third-order valence-electron chi connectivity index (χ3n) is 7.81. The number of hydrogen-bond acceptors (Lipinski definition) is 3. The summed E-state index contributed by atoms with van der Waals surface area (Å²) in [5.41, 5.74) is 5.09. The molecule has 0 aliphatic rings. The molecule has 0 unspecified atom stereocenters. The zero-order valence-electron chi connectivity index (χ0n) is 24.8. The van der Waals surface area contributed by atoms with E-state index in [0.717, 1.165) is 29.7 Å². The van der Waals surface area contributed by atoms with E-state index in [2.05, 4.69) is 75.4 Å². The standard InChI is InChI=1S/C22H18N.C13H24O2.Ir/c1-14-11-15(2)13-18(12-14)22-21-17(9-10-23-22)7-8-19-16(3)5-4-6-20(19)21;1-7-12(3,4)10(14)9-11(15)13(5,6)8-2;/h4-12H,1-3H3;9,14H,7-8H2,1-6H3;/q-1;;/b;10-9-;. The summed E-state index contributed by atoms with van der Waals surface area (Å²) in [4.78, 5) is 16.5. The second-order valence-corrected chi connectivity index (χ2v) is 11.6. The number of pyridine rings is 1. The maximum atomic E-state index is 11.8. The first-order valence-electron chi connectivity index (χ1n) is 13.5. The Hall–Kier alpha value is -2.81. The van der Waals surface area contributed by atoms with Gasteiger partial charge in [0, 0.05) is 43.2 Å². The van der Waals surface area contributed by atoms with Crippen LogP contribution in [0.4, 0.5) is 0 Å². The molecule has 0 saturated carbocycles. The maximum Gasteiger partial charge on any atom is 0.164 e. The molecule has 0 atom stereocenters. The Morgan fingerprint density at radius 3 is 2.21 bits per heavy atom. The van der Waals surface area contributed by atoms with Crippen LogP contribution >= 0.6 is 0 Å². The molecule has 1 heterocycles. The molecule has 1 aromatic heterocycles. The van der Waals surface area contributed by atoms with Crippen molar-refractivity contribution in [2.45, 2.75) is 75.2 Å². The van der Waals surface area contributed by atoms with Crippen molar-refractivity contribution in [3.8, 4) is 11.3 Å². The smallest absolute Gasteiger partial charge is 0.164 e. The Labute approximate surface area is 248 Å². The van der Waals surface area contributed by atoms with Gasteiger partial charge in [-0.3, -0.25) is 4.79 Å². The summed E-state index contributed by atoms with van der Waals surface area (Å²) in [7, 11) is 0. The first-order chi connectivity index (χ1) is 17.8. The van der Waals surface area contributed by atoms with Crippen LogP contribution in [-0.4, -0.2) is 15.9 Å². The van der Waals surface area contributed by atoms with Crippen molar-refractivity contribution >= 4 is 27.3 Å². The monoisotopic (exact) mass is 701 g/mol. The number of fused-ring (bicyclic) bond motifs is 3. The predicted molar refractivity (Wildman–Crippen MR) is 162 cm³/mol. The number of ketones is 1. The van der Waals surface area contributed by atoms with Gasteiger partial charge in [0.25, 0.3) is 0 Å². The van der Waals surface area contributed by atoms with Crippen molar-refractivity contribution in [1.29, 1.82) is 0 Å². The van der Waals surface area contributed by atoms with Crippen LogP contribution in [-0.2, 0) is 24.9 Å². The van der Waals surface area contributed by atoms with E-state index in [-0.39, 0.29) is 42.5 Å². The third-order valence-corrected chi connectivity index (χ3v) is 7.81. The van der Waals surface area contributed by atoms with E-state index in [1.165, 1.54) is 38.7 Å². The van der Waals surface area contributed by atoms with Gasteiger partial charge in [-0.15, -0.1) is 34.9 Å². The Kier molecular flexibility index (Phi) is 10.8. The zero-order valence-corrected chi connectivity index (χ0v) is 27.2. The molecule has 1 radical (unpaired) electrons. The average molecular weight is 701 g/mol. The van der Waals surface area contributed by atoms with Gasteiger partial charge in [0.05, 0.1) is 0 Å². The largest absolute Gasteiger partial charge is 0.512 e. The van der Waals surface area contributed by atoms with Gasteiger partial charge >= 0.3 is 0 Å². The molecule has 3 nitrogen and oxygen atoms in total. The van der Waals surface area contributed by atoms with Gasteiger partial charge in [-0.1, -0.05) is 85.7 Å². The molecule has 4 rings (SSSR count). The summed E-state index contributed by atoms with van der Waals surface area (Å²) in [6.45, 7) is 18.0. The summed E-state index contributed by atoms with van der Waals surface area (Å²) in [5, 5.41) is 14.8. The fraction of sp³-hybridized carbons (Fsp3) is 0.371. The first kappa shape index (κ1) is 32.4. The number of hydrogen-bond donors (Lipinski definition) is 1. The molecule has 4 heteroatoms. The van der Waals surface area contributed by atoms with Crippen molar-refractivity contribution in [1.82, 2.24) is 4.98 Å². The number of aromatic nitrogens is 1. The number of aryl methyl sites for hydroxylation is 3. The Balaban J connectivity index is 0.000000294. The fourth-order valence-electron chi connectivity index (χ4n) is 4.29. The summed E-state index contributed by atoms with van der Waals surface area (Å²) in [5.74, 6) is 0.195. The van der Waals surface area contributed by atoms with Crippen LogP contribution in [0.2, 0.25) is 0 Å². The molecule has 1 N–H and O–H groups in total. The molecule has 0 bridgehead atoms. The van der Waals surface area contributed by atoms with Gasteiger partial charge in [-0.05, 0) is 58.6 Å². The Morgan fingerprint density at radius 1 is 0.923 bits per heavy atom. The van der Waals surface area contributed by atoms with Gasteiger partial charge in [-0.2, -0.15) is 0 Å². The van der Waals surface area contributed by atoms with Crippen molar-refractivity contribution < 1.29 is 30.0 Å². The number of nitrogens with zero attached hydrogens (tertiary/aromatic N) is 1. The van der Waals surface area contributed by atoms with E-state index in [1.807, 2.05) is 47.7 Å². The average Bonchev–Trinajstić information content (AvgIpc) is 2.88. The third kappa shape index (κ3) is 7.44. The van der Waals surface area contributed by atoms with E-state index in [0.29, 0.717) is 0 Å². The summed E-state index contributed by atoms with van der Waals surface area (Å²) < 4.78 is 0. The number of aliphatic hydroxyl groups excluding tert-OH is 1. The minimum absolute atomic E-state index is 0. The number of carbonyl (C=O) groups is 1. The molecular formula is C35H42IrNO2-. The van der Waals surface area contributed by atoms with Gasteiger partial charge in [0.2, 0.25) is 0 Å². The molecule has 0 aliphatic heterocycles. The Morgan fingerprint density at radius 2 is 1.59 bits per heavy atom. The number of benzene rings is 3. The van der Waals surface area contributed by atoms with Crippen molar-refractivity contribution in [2.24, 2.45) is 10.8 Å². The molecule has 4 aromatic rings. The molecule has 209 valence electrons. The van der Waals surface area contributed by atoms with Crippen LogP contribution in [0.3, 0.4) is 0 Å². The second-order valence-electron chi connectivity index (χ2n) is 11.6. The normalized spacial score (nSPS) is 12.1. The van der Waals surface area contributed by atoms with Gasteiger partial charge in [0.15, 0.2) is 5.78 Å². The van der Waals surface area contributed by atoms with Crippen LogP contribution in [0.25, 0.3) is 32.8 Å². The van der Waals surface area contributed by atoms with E-state index < -0.39 is 0 Å². The van der Waals surface area contributed by atoms with E-state index in [9.17, 15) is 9.90 Å². The maximum absolute atomic E-state index is 11.8. The SMILES string of the molecule is CCC(C)(C)C(=O)/C=C(\O)C(C)(C)CC.Cc1[c-]c(-c2nccc3ccc4c(C)cccc4c23)cc(C)c1.[Ir]. The van der Waals surface area contributed by atoms with Gasteiger partial charge in [0.1, 0.15) is 5.76 Å². The summed E-state index contributed by atoms with van der Waals surface area (Å²) in [6, 6.07) is 20.8. The summed E-state index contributed by atoms with van der Waals surface area (Å²) >= 11 is 0. The molecule has 39 heavy (non-hydrogen) atoms. The van der Waals surface area contributed by atoms with Gasteiger partial charge < -0.3 is 10.1 Å². The topological polar surface area (TPSA) is 50.2 Å². The molecular weight excluding hydrogens is 659 g/mol. The van der Waals surface area contributed by atoms with E-state index in [4.69, 9.17) is 4.98 Å². The molecule has 3 aromatic carbocycles. The second kappa shape index (κ2) is 13.0. The molecule has 0 fully saturated rings. The van der Waals surface area contributed by atoms with E-state index >= 15 is 0 Å². The van der Waals surface area contributed by atoms with Crippen LogP contribution in [0.15, 0.2) is 66.6 Å². The first-order valence-corrected chi connectivity index (χ1v) is 13.5. The summed E-state index contributed by atoms with van der Waals surface area (Å²) in [6.07, 6.45) is 4.88. The molecule has 0 spiro atoms. The van der Waals surface area contributed by atoms with Crippen LogP contribution in [0.1, 0.15) is 71.1 Å². The van der Waals surface area contributed by atoms with Crippen molar-refractivity contribution in [2.75, 3.05) is 0 Å². The molecule has 0 saturated heterocycles. The fourth-order valence-corrected chi connectivity index (χ4v) is 4.29. The number of rotatable bonds is 6. The molecule has 0 aliphatic carbocycles. The molecule has 0 amide bonds. The van der Waals surface area contributed by atoms with E-state index in [1.54, 1.807) is 0 Å². The van der Waals surface area contributed by atoms with Crippen molar-refractivity contribution in [3.63, 3.8) is 0 Å². The number of carbonyl (C=O) groups excluding carboxylic acids is 1. The number of aliphatic hydroxyl groups is 1. The zero-order chi connectivity index (χ0) is 28.3.